The van der Waals surface area contributed by atoms with Crippen LogP contribution in [0.15, 0.2) is 95.5 Å². The molecule has 1 aliphatic carbocycles. The number of carbonyl (C=O) groups is 1. The molecule has 0 N–H and O–H groups in total. The highest BCUT2D eigenvalue weighted by molar-refractivity contribution is 6.31. The first kappa shape index (κ1) is 25.4. The van der Waals surface area contributed by atoms with E-state index in [2.05, 4.69) is 11.1 Å². The van der Waals surface area contributed by atoms with Crippen LogP contribution in [0.3, 0.4) is 0 Å². The van der Waals surface area contributed by atoms with Gasteiger partial charge in [0.05, 0.1) is 25.0 Å². The van der Waals surface area contributed by atoms with Gasteiger partial charge in [0.25, 0.3) is 0 Å². The molecule has 0 saturated carbocycles. The van der Waals surface area contributed by atoms with Gasteiger partial charge in [-0.2, -0.15) is 0 Å². The average molecular weight is 547 g/mol. The van der Waals surface area contributed by atoms with Crippen molar-refractivity contribution in [1.29, 1.82) is 0 Å². The van der Waals surface area contributed by atoms with E-state index in [1.165, 1.54) is 24.3 Å². The minimum atomic E-state index is -0.501. The molecule has 3 heterocycles. The van der Waals surface area contributed by atoms with E-state index < -0.39 is 18.0 Å². The maximum Gasteiger partial charge on any atom is 0.416 e. The van der Waals surface area contributed by atoms with E-state index in [0.717, 1.165) is 36.4 Å². The summed E-state index contributed by atoms with van der Waals surface area (Å²) in [5.74, 6) is 0.951. The first-order valence-corrected chi connectivity index (χ1v) is 13.5. The lowest BCUT2D eigenvalue weighted by atomic mass is 9.77. The van der Waals surface area contributed by atoms with Gasteiger partial charge in [0, 0.05) is 48.1 Å². The number of aromatic nitrogens is 2. The van der Waals surface area contributed by atoms with E-state index in [9.17, 15) is 9.18 Å². The molecule has 0 radical (unpaired) electrons. The standard InChI is InChI=1S/C30H28ClFN4O3/c31-21-5-10-27-26(18-21)25-11-14-36(30(37)39-23-8-6-22(32)7-9-23)29(28(25)34-27)20-3-1-4-24(17-20)38-16-2-13-35-15-12-33-19-35/h1,3-10,12,15,17-19,25-27,29H,2,11,13-14,16H2. The van der Waals surface area contributed by atoms with Crippen molar-refractivity contribution in [2.75, 3.05) is 13.2 Å². The van der Waals surface area contributed by atoms with Crippen LogP contribution in [0.25, 0.3) is 0 Å². The highest BCUT2D eigenvalue weighted by Crippen LogP contribution is 2.45. The second-order valence-corrected chi connectivity index (χ2v) is 10.4. The summed E-state index contributed by atoms with van der Waals surface area (Å²) in [7, 11) is 0. The summed E-state index contributed by atoms with van der Waals surface area (Å²) >= 11 is 6.35. The Labute approximate surface area is 231 Å². The monoisotopic (exact) mass is 546 g/mol. The summed E-state index contributed by atoms with van der Waals surface area (Å²) in [6.07, 6.45) is 12.6. The molecule has 1 saturated heterocycles. The number of hydrogen-bond acceptors (Lipinski definition) is 5. The molecule has 0 bridgehead atoms. The van der Waals surface area contributed by atoms with Crippen molar-refractivity contribution < 1.29 is 18.7 Å². The highest BCUT2D eigenvalue weighted by atomic mass is 35.5. The van der Waals surface area contributed by atoms with Crippen LogP contribution >= 0.6 is 11.6 Å². The second kappa shape index (κ2) is 11.1. The van der Waals surface area contributed by atoms with Crippen LogP contribution in [0.2, 0.25) is 0 Å². The third-order valence-electron chi connectivity index (χ3n) is 7.43. The topological polar surface area (TPSA) is 68.9 Å². The molecule has 2 aliphatic heterocycles. The number of imidazole rings is 1. The normalized spacial score (nSPS) is 23.5. The van der Waals surface area contributed by atoms with Crippen LogP contribution < -0.4 is 9.47 Å². The predicted octanol–water partition coefficient (Wildman–Crippen LogP) is 6.19. The van der Waals surface area contributed by atoms with E-state index in [1.54, 1.807) is 17.4 Å². The van der Waals surface area contributed by atoms with Gasteiger partial charge >= 0.3 is 6.09 Å². The summed E-state index contributed by atoms with van der Waals surface area (Å²) in [5.41, 5.74) is 1.84. The number of fused-ring (bicyclic) bond motifs is 3. The quantitative estimate of drug-likeness (QED) is 0.332. The largest absolute Gasteiger partial charge is 0.494 e. The minimum Gasteiger partial charge on any atom is -0.494 e. The Morgan fingerprint density at radius 3 is 2.85 bits per heavy atom. The Morgan fingerprint density at radius 2 is 2.03 bits per heavy atom. The van der Waals surface area contributed by atoms with Gasteiger partial charge in [-0.1, -0.05) is 35.9 Å². The summed E-state index contributed by atoms with van der Waals surface area (Å²) in [4.78, 5) is 24.3. The number of allylic oxidation sites excluding steroid dienone is 2. The molecule has 6 rings (SSSR count). The van der Waals surface area contributed by atoms with Crippen LogP contribution in [-0.4, -0.2) is 45.4 Å². The fraction of sp³-hybridized carbons (Fsp3) is 0.300. The number of carbonyl (C=O) groups excluding carboxylic acids is 1. The number of piperidine rings is 1. The van der Waals surface area contributed by atoms with Gasteiger partial charge in [0.15, 0.2) is 0 Å². The zero-order chi connectivity index (χ0) is 26.8. The Hall–Kier alpha value is -3.91. The van der Waals surface area contributed by atoms with Gasteiger partial charge in [0.1, 0.15) is 17.3 Å². The van der Waals surface area contributed by atoms with Crippen molar-refractivity contribution in [2.45, 2.75) is 31.5 Å². The maximum atomic E-state index is 13.5. The Kier molecular flexibility index (Phi) is 7.20. The number of aliphatic imine (C=N–C) groups is 1. The second-order valence-electron chi connectivity index (χ2n) is 9.92. The summed E-state index contributed by atoms with van der Waals surface area (Å²) in [6, 6.07) is 12.8. The predicted molar refractivity (Wildman–Crippen MR) is 147 cm³/mol. The molecule has 3 aliphatic rings. The van der Waals surface area contributed by atoms with Crippen LogP contribution in [-0.2, 0) is 6.54 Å². The number of ether oxygens (including phenoxy) is 2. The van der Waals surface area contributed by atoms with Crippen LogP contribution in [0, 0.1) is 17.7 Å². The number of amides is 1. The molecular formula is C30H28ClFN4O3. The molecular weight excluding hydrogens is 519 g/mol. The SMILES string of the molecule is O=C(Oc1ccc(F)cc1)N1CCC2C(=NC3C=CC(Cl)=CC32)C1c1cccc(OCCCn2ccnc2)c1. The number of hydrogen-bond donors (Lipinski definition) is 0. The number of aryl methyl sites for hydroxylation is 1. The molecule has 200 valence electrons. The van der Waals surface area contributed by atoms with Gasteiger partial charge < -0.3 is 14.0 Å². The highest BCUT2D eigenvalue weighted by Gasteiger charge is 2.47. The van der Waals surface area contributed by atoms with Crippen molar-refractivity contribution in [2.24, 2.45) is 16.8 Å². The molecule has 4 atom stereocenters. The summed E-state index contributed by atoms with van der Waals surface area (Å²) in [5, 5.41) is 0.716. The first-order chi connectivity index (χ1) is 19.0. The van der Waals surface area contributed by atoms with Crippen LogP contribution in [0.4, 0.5) is 9.18 Å². The number of nitrogens with zero attached hydrogens (tertiary/aromatic N) is 4. The summed E-state index contributed by atoms with van der Waals surface area (Å²) in [6.45, 7) is 1.85. The number of likely N-dealkylation sites (tertiary alicyclic amines) is 1. The van der Waals surface area contributed by atoms with Gasteiger partial charge in [0.2, 0.25) is 0 Å². The fourth-order valence-electron chi connectivity index (χ4n) is 5.63. The number of halogens is 2. The fourth-order valence-corrected chi connectivity index (χ4v) is 5.84. The van der Waals surface area contributed by atoms with Crippen LogP contribution in [0.1, 0.15) is 24.4 Å². The smallest absolute Gasteiger partial charge is 0.416 e. The molecule has 1 fully saturated rings. The molecule has 4 unspecified atom stereocenters. The Bertz CT molecular complexity index is 1420. The average Bonchev–Trinajstić information content (AvgIpc) is 3.60. The van der Waals surface area contributed by atoms with E-state index >= 15 is 0 Å². The zero-order valence-corrected chi connectivity index (χ0v) is 22.0. The first-order valence-electron chi connectivity index (χ1n) is 13.1. The minimum absolute atomic E-state index is 0.00863. The molecule has 2 aromatic carbocycles. The van der Waals surface area contributed by atoms with Crippen LogP contribution in [0.5, 0.6) is 11.5 Å². The number of rotatable bonds is 7. The van der Waals surface area contributed by atoms with Crippen molar-refractivity contribution in [3.05, 3.63) is 102 Å². The third-order valence-corrected chi connectivity index (χ3v) is 7.68. The van der Waals surface area contributed by atoms with Gasteiger partial charge in [-0.15, -0.1) is 0 Å². The van der Waals surface area contributed by atoms with Crippen molar-refractivity contribution in [3.8, 4) is 11.5 Å². The van der Waals surface area contributed by atoms with Crippen molar-refractivity contribution in [1.82, 2.24) is 14.5 Å². The van der Waals surface area contributed by atoms with Gasteiger partial charge in [-0.3, -0.25) is 9.89 Å². The van der Waals surface area contributed by atoms with E-state index in [4.69, 9.17) is 26.1 Å². The van der Waals surface area contributed by atoms with E-state index in [0.29, 0.717) is 18.2 Å². The molecule has 0 spiro atoms. The van der Waals surface area contributed by atoms with E-state index in [1.807, 2.05) is 47.2 Å². The Balaban J connectivity index is 1.25. The van der Waals surface area contributed by atoms with Gasteiger partial charge in [-0.25, -0.2) is 14.2 Å². The van der Waals surface area contributed by atoms with Gasteiger partial charge in [-0.05, 0) is 60.9 Å². The molecule has 1 amide bonds. The summed E-state index contributed by atoms with van der Waals surface area (Å²) < 4.78 is 27.2. The zero-order valence-electron chi connectivity index (χ0n) is 21.2. The lowest BCUT2D eigenvalue weighted by Gasteiger charge is -2.39. The van der Waals surface area contributed by atoms with Crippen molar-refractivity contribution in [3.63, 3.8) is 0 Å². The van der Waals surface area contributed by atoms with E-state index in [-0.39, 0.29) is 23.6 Å². The lowest BCUT2D eigenvalue weighted by molar-refractivity contribution is 0.133. The molecule has 9 heteroatoms. The third kappa shape index (κ3) is 5.47. The molecule has 3 aromatic rings. The molecule has 7 nitrogen and oxygen atoms in total. The lowest BCUT2D eigenvalue weighted by Crippen LogP contribution is -2.48. The van der Waals surface area contributed by atoms with Crippen molar-refractivity contribution >= 4 is 23.4 Å². The number of benzene rings is 2. The molecule has 39 heavy (non-hydrogen) atoms. The molecule has 1 aromatic heterocycles. The Morgan fingerprint density at radius 1 is 1.15 bits per heavy atom. The maximum absolute atomic E-state index is 13.5.